The Balaban J connectivity index is 0.000000262. The van der Waals surface area contributed by atoms with Gasteiger partial charge in [-0.3, -0.25) is 0 Å². The van der Waals surface area contributed by atoms with E-state index in [0.29, 0.717) is 0 Å². The highest BCUT2D eigenvalue weighted by Gasteiger charge is 1.96. The Morgan fingerprint density at radius 1 is 0.381 bits per heavy atom. The van der Waals surface area contributed by atoms with Gasteiger partial charge < -0.3 is 5.21 Å². The number of rotatable bonds is 0. The zero-order valence-electron chi connectivity index (χ0n) is 14.3. The number of hydrogen-bond donors (Lipinski definition) is 1. The third-order valence-electron chi connectivity index (χ3n) is 4.50. The molecule has 126 valence electrons. The minimum atomic E-state index is 1.15. The number of hydrogen-bond acceptors (Lipinski definition) is 2. The van der Waals surface area contributed by atoms with E-state index >= 15 is 0 Å². The molecule has 0 atom stereocenters. The largest absolute Gasteiger partial charge is 0.422 e. The Hall–Kier alpha value is -0.183. The second-order valence-electron chi connectivity index (χ2n) is 6.51. The van der Waals surface area contributed by atoms with Gasteiger partial charge in [-0.1, -0.05) is 116 Å². The molecule has 3 fully saturated rings. The van der Waals surface area contributed by atoms with Crippen molar-refractivity contribution in [3.05, 3.63) is 0 Å². The lowest BCUT2D eigenvalue weighted by Gasteiger charge is -2.05. The highest BCUT2D eigenvalue weighted by molar-refractivity contribution is 5.91. The minimum Gasteiger partial charge on any atom is -0.422 e. The summed E-state index contributed by atoms with van der Waals surface area (Å²) in [7, 11) is 1.15. The molecular formula is C18H39NOSi. The van der Waals surface area contributed by atoms with E-state index in [1.54, 1.807) is 0 Å². The summed E-state index contributed by atoms with van der Waals surface area (Å²) in [6.45, 7) is 0. The van der Waals surface area contributed by atoms with Crippen molar-refractivity contribution in [2.75, 3.05) is 0 Å². The fourth-order valence-corrected chi connectivity index (χ4v) is 3.18. The van der Waals surface area contributed by atoms with Crippen molar-refractivity contribution in [3.8, 4) is 0 Å². The first-order valence-corrected chi connectivity index (χ1v) is 10.1. The van der Waals surface area contributed by atoms with Crippen molar-refractivity contribution in [1.29, 1.82) is 0 Å². The summed E-state index contributed by atoms with van der Waals surface area (Å²) in [4.78, 5) is 2.53. The molecule has 0 aromatic heterocycles. The highest BCUT2D eigenvalue weighted by Crippen LogP contribution is 2.16. The van der Waals surface area contributed by atoms with Gasteiger partial charge in [-0.15, -0.1) is 0 Å². The standard InChI is InChI=1S/3C6H12.H3NOSi/c3*1-2-4-6-5-3-1;2-1-3/h3*1-6H2;2H,3H2. The molecule has 0 aromatic rings. The Labute approximate surface area is 136 Å². The van der Waals surface area contributed by atoms with Crippen molar-refractivity contribution < 1.29 is 5.21 Å². The van der Waals surface area contributed by atoms with Crippen LogP contribution in [0, 0.1) is 0 Å². The topological polar surface area (TPSA) is 32.6 Å². The Kier molecular flexibility index (Phi) is 19.6. The predicted octanol–water partition coefficient (Wildman–Crippen LogP) is 6.21. The monoisotopic (exact) mass is 313 g/mol. The molecule has 1 N–H and O–H groups in total. The van der Waals surface area contributed by atoms with E-state index in [1.165, 1.54) is 116 Å². The van der Waals surface area contributed by atoms with E-state index in [2.05, 4.69) is 4.80 Å². The summed E-state index contributed by atoms with van der Waals surface area (Å²) in [5.41, 5.74) is 0. The summed E-state index contributed by atoms with van der Waals surface area (Å²) in [6.07, 6.45) is 27.0. The van der Waals surface area contributed by atoms with Gasteiger partial charge in [0.1, 0.15) is 10.0 Å². The molecule has 3 aliphatic carbocycles. The lowest BCUT2D eigenvalue weighted by Crippen LogP contribution is -1.85. The molecule has 0 heterocycles. The van der Waals surface area contributed by atoms with Gasteiger partial charge in [0.15, 0.2) is 0 Å². The van der Waals surface area contributed by atoms with Crippen molar-refractivity contribution in [1.82, 2.24) is 0 Å². The van der Waals surface area contributed by atoms with Gasteiger partial charge in [-0.05, 0) is 0 Å². The fourth-order valence-electron chi connectivity index (χ4n) is 3.18. The molecule has 0 spiro atoms. The lowest BCUT2D eigenvalue weighted by atomic mass is 10.0. The van der Waals surface area contributed by atoms with E-state index in [0.717, 1.165) is 10.0 Å². The minimum absolute atomic E-state index is 1.15. The van der Waals surface area contributed by atoms with Crippen molar-refractivity contribution in [2.24, 2.45) is 4.80 Å². The zero-order valence-corrected chi connectivity index (χ0v) is 15.7. The SMILES string of the molecule is C1CCCCC1.C1CCCCC1.C1CCCCC1.ON=[SiH2]. The second kappa shape index (κ2) is 19.8. The average Bonchev–Trinajstić information content (AvgIpc) is 2.61. The molecule has 0 saturated heterocycles. The van der Waals surface area contributed by atoms with E-state index in [1.807, 2.05) is 0 Å². The summed E-state index contributed by atoms with van der Waals surface area (Å²) < 4.78 is 0. The normalized spacial score (nSPS) is 21.1. The second-order valence-corrected chi connectivity index (χ2v) is 6.79. The van der Waals surface area contributed by atoms with Crippen molar-refractivity contribution >= 4 is 10.0 Å². The molecule has 3 aliphatic rings. The van der Waals surface area contributed by atoms with Crippen molar-refractivity contribution in [3.63, 3.8) is 0 Å². The van der Waals surface area contributed by atoms with Gasteiger partial charge in [0.25, 0.3) is 0 Å². The number of nitrogens with zero attached hydrogens (tertiary/aromatic N) is 1. The molecule has 3 saturated carbocycles. The first kappa shape index (κ1) is 20.8. The molecule has 3 heteroatoms. The highest BCUT2D eigenvalue weighted by atomic mass is 28.1. The first-order valence-electron chi connectivity index (χ1n) is 9.52. The lowest BCUT2D eigenvalue weighted by molar-refractivity contribution is 0.326. The molecule has 21 heavy (non-hydrogen) atoms. The van der Waals surface area contributed by atoms with Crippen LogP contribution >= 0.6 is 0 Å². The van der Waals surface area contributed by atoms with Crippen LogP contribution in [0.2, 0.25) is 0 Å². The van der Waals surface area contributed by atoms with Crippen LogP contribution in [0.4, 0.5) is 0 Å². The van der Waals surface area contributed by atoms with Crippen LogP contribution in [-0.2, 0) is 0 Å². The summed E-state index contributed by atoms with van der Waals surface area (Å²) in [5.74, 6) is 0. The Morgan fingerprint density at radius 3 is 0.476 bits per heavy atom. The van der Waals surface area contributed by atoms with Crippen LogP contribution in [0.15, 0.2) is 4.80 Å². The molecule has 0 aliphatic heterocycles. The summed E-state index contributed by atoms with van der Waals surface area (Å²) >= 11 is 0. The van der Waals surface area contributed by atoms with Gasteiger partial charge in [-0.2, -0.15) is 4.80 Å². The quantitative estimate of drug-likeness (QED) is 0.418. The molecule has 0 radical (unpaired) electrons. The van der Waals surface area contributed by atoms with Gasteiger partial charge in [0.05, 0.1) is 0 Å². The van der Waals surface area contributed by atoms with E-state index < -0.39 is 0 Å². The molecule has 2 nitrogen and oxygen atoms in total. The molecule has 3 rings (SSSR count). The maximum Gasteiger partial charge on any atom is 0.148 e. The molecule has 0 unspecified atom stereocenters. The first-order chi connectivity index (χ1) is 10.4. The molecule has 0 bridgehead atoms. The third kappa shape index (κ3) is 19.8. The maximum absolute atomic E-state index is 7.21. The zero-order chi connectivity index (χ0) is 15.4. The van der Waals surface area contributed by atoms with E-state index in [9.17, 15) is 0 Å². The van der Waals surface area contributed by atoms with Crippen LogP contribution in [0.5, 0.6) is 0 Å². The van der Waals surface area contributed by atoms with Crippen LogP contribution in [0.3, 0.4) is 0 Å². The van der Waals surface area contributed by atoms with E-state index in [-0.39, 0.29) is 0 Å². The van der Waals surface area contributed by atoms with Crippen LogP contribution < -0.4 is 0 Å². The maximum atomic E-state index is 7.21. The van der Waals surface area contributed by atoms with Crippen LogP contribution in [0.1, 0.15) is 116 Å². The Bertz CT molecular complexity index is 125. The van der Waals surface area contributed by atoms with Gasteiger partial charge >= 0.3 is 0 Å². The molecule has 0 aromatic carbocycles. The summed E-state index contributed by atoms with van der Waals surface area (Å²) in [5, 5.41) is 7.21. The van der Waals surface area contributed by atoms with E-state index in [4.69, 9.17) is 5.21 Å². The predicted molar refractivity (Wildman–Crippen MR) is 95.9 cm³/mol. The molecule has 0 amide bonds. The van der Waals surface area contributed by atoms with Gasteiger partial charge in [0.2, 0.25) is 0 Å². The smallest absolute Gasteiger partial charge is 0.148 e. The third-order valence-corrected chi connectivity index (χ3v) is 4.50. The summed E-state index contributed by atoms with van der Waals surface area (Å²) in [6, 6.07) is 0. The average molecular weight is 314 g/mol. The fraction of sp³-hybridized carbons (Fsp3) is 1.00. The van der Waals surface area contributed by atoms with Crippen LogP contribution in [0.25, 0.3) is 0 Å². The van der Waals surface area contributed by atoms with Gasteiger partial charge in [-0.25, -0.2) is 0 Å². The van der Waals surface area contributed by atoms with Crippen molar-refractivity contribution in [2.45, 2.75) is 116 Å². The van der Waals surface area contributed by atoms with Gasteiger partial charge in [0, 0.05) is 0 Å². The Morgan fingerprint density at radius 2 is 0.429 bits per heavy atom. The van der Waals surface area contributed by atoms with Crippen LogP contribution in [-0.4, -0.2) is 15.2 Å². The molecular weight excluding hydrogens is 274 g/mol.